The smallest absolute Gasteiger partial charge is 0.335 e. The lowest BCUT2D eigenvalue weighted by Gasteiger charge is -2.42. The zero-order valence-electron chi connectivity index (χ0n) is 24.9. The summed E-state index contributed by atoms with van der Waals surface area (Å²) in [5.74, 6) is 0. The van der Waals surface area contributed by atoms with Crippen LogP contribution in [-0.2, 0) is 0 Å². The molecule has 12 nitrogen and oxygen atoms in total. The van der Waals surface area contributed by atoms with Crippen LogP contribution < -0.4 is 10.6 Å². The fraction of sp³-hybridized carbons (Fsp3) is 0.333. The molecule has 4 aromatic rings. The Morgan fingerprint density at radius 1 is 0.844 bits per heavy atom. The van der Waals surface area contributed by atoms with Crippen molar-refractivity contribution in [2.75, 3.05) is 26.2 Å². The molecule has 2 fully saturated rings. The molecule has 12 heteroatoms. The van der Waals surface area contributed by atoms with Crippen LogP contribution >= 0.6 is 0 Å². The third-order valence-electron chi connectivity index (χ3n) is 8.64. The molecule has 1 aliphatic carbocycles. The molecule has 3 amide bonds. The summed E-state index contributed by atoms with van der Waals surface area (Å²) < 4.78 is 1.14. The number of hydrogen-bond donors (Lipinski definition) is 2. The highest BCUT2D eigenvalue weighted by atomic mass is 16.6. The fourth-order valence-electron chi connectivity index (χ4n) is 6.37. The largest absolute Gasteiger partial charge is 0.346 e. The molecule has 45 heavy (non-hydrogen) atoms. The minimum atomic E-state index is -0.478. The maximum Gasteiger partial charge on any atom is 0.346 e. The molecule has 6 rings (SSSR count). The summed E-state index contributed by atoms with van der Waals surface area (Å²) in [7, 11) is 0. The van der Waals surface area contributed by atoms with Crippen molar-refractivity contribution in [1.29, 1.82) is 0 Å². The minimum Gasteiger partial charge on any atom is -0.335 e. The number of urea groups is 1. The van der Waals surface area contributed by atoms with Crippen LogP contribution in [0.25, 0.3) is 11.3 Å². The Labute approximate surface area is 261 Å². The van der Waals surface area contributed by atoms with E-state index < -0.39 is 4.92 Å². The predicted octanol–water partition coefficient (Wildman–Crippen LogP) is 5.16. The highest BCUT2D eigenvalue weighted by Gasteiger charge is 2.35. The number of nitrogens with one attached hydrogen (secondary N) is 2. The van der Waals surface area contributed by atoms with Crippen LogP contribution in [0.4, 0.5) is 15.3 Å². The SMILES string of the molecule is O=C(NC1CCCC1)N[C@H](c1ccccc1)[C@H](c1ccccc1)N1CCN(C(=O)n2cc(-c3ccccc3[N+](=O)[O-])nn2)CC1. The minimum absolute atomic E-state index is 0.101. The van der Waals surface area contributed by atoms with Gasteiger partial charge in [0.1, 0.15) is 5.69 Å². The molecule has 2 atom stereocenters. The lowest BCUT2D eigenvalue weighted by atomic mass is 9.91. The molecule has 1 saturated carbocycles. The molecule has 0 bridgehead atoms. The molecule has 2 aliphatic rings. The first-order valence-electron chi connectivity index (χ1n) is 15.3. The summed E-state index contributed by atoms with van der Waals surface area (Å²) >= 11 is 0. The number of rotatable bonds is 8. The van der Waals surface area contributed by atoms with Crippen LogP contribution in [0.5, 0.6) is 0 Å². The molecule has 3 aromatic carbocycles. The van der Waals surface area contributed by atoms with Gasteiger partial charge in [-0.15, -0.1) is 5.10 Å². The Balaban J connectivity index is 1.20. The Kier molecular flexibility index (Phi) is 9.11. The van der Waals surface area contributed by atoms with E-state index in [9.17, 15) is 19.7 Å². The summed E-state index contributed by atoms with van der Waals surface area (Å²) in [6, 6.07) is 25.5. The molecule has 1 saturated heterocycles. The monoisotopic (exact) mass is 608 g/mol. The van der Waals surface area contributed by atoms with Gasteiger partial charge in [-0.05, 0) is 30.0 Å². The van der Waals surface area contributed by atoms with Gasteiger partial charge in [0.15, 0.2) is 0 Å². The van der Waals surface area contributed by atoms with E-state index in [2.05, 4.69) is 38.0 Å². The molecular formula is C33H36N8O4. The van der Waals surface area contributed by atoms with Gasteiger partial charge in [-0.2, -0.15) is 4.68 Å². The highest BCUT2D eigenvalue weighted by molar-refractivity contribution is 5.78. The number of amides is 3. The van der Waals surface area contributed by atoms with Crippen LogP contribution in [0.2, 0.25) is 0 Å². The fourth-order valence-corrected chi connectivity index (χ4v) is 6.37. The van der Waals surface area contributed by atoms with Crippen LogP contribution in [0.1, 0.15) is 48.9 Å². The van der Waals surface area contributed by atoms with Gasteiger partial charge >= 0.3 is 12.1 Å². The van der Waals surface area contributed by atoms with E-state index in [4.69, 9.17) is 0 Å². The zero-order chi connectivity index (χ0) is 31.2. The Hall–Kier alpha value is -5.10. The van der Waals surface area contributed by atoms with Crippen molar-refractivity contribution < 1.29 is 14.5 Å². The summed E-state index contributed by atoms with van der Waals surface area (Å²) in [4.78, 5) is 41.8. The van der Waals surface area contributed by atoms with Gasteiger partial charge in [0.05, 0.1) is 28.8 Å². The van der Waals surface area contributed by atoms with Crippen molar-refractivity contribution in [2.24, 2.45) is 0 Å². The number of nitrogens with zero attached hydrogens (tertiary/aromatic N) is 6. The van der Waals surface area contributed by atoms with Crippen molar-refractivity contribution >= 4 is 17.7 Å². The standard InChI is InChI=1S/C33H36N8O4/c42-32(34-26-15-7-8-16-26)35-30(24-11-3-1-4-12-24)31(25-13-5-2-6-14-25)38-19-21-39(22-20-38)33(43)40-23-28(36-37-40)27-17-9-10-18-29(27)41(44)45/h1-6,9-14,17-18,23,26,30-31H,7-8,15-16,19-22H2,(H2,34,35,42)/t30-,31+/m1/s1. The quantitative estimate of drug-likeness (QED) is 0.208. The first-order valence-corrected chi connectivity index (χ1v) is 15.3. The maximum atomic E-state index is 13.4. The molecule has 0 unspecified atom stereocenters. The molecule has 2 heterocycles. The van der Waals surface area contributed by atoms with Crippen LogP contribution in [-0.4, -0.2) is 74.0 Å². The zero-order valence-corrected chi connectivity index (χ0v) is 24.9. The topological polar surface area (TPSA) is 139 Å². The van der Waals surface area contributed by atoms with Crippen molar-refractivity contribution in [3.05, 3.63) is 112 Å². The molecule has 0 spiro atoms. The average molecular weight is 609 g/mol. The van der Waals surface area contributed by atoms with Crippen LogP contribution in [0, 0.1) is 10.1 Å². The lowest BCUT2D eigenvalue weighted by molar-refractivity contribution is -0.384. The summed E-state index contributed by atoms with van der Waals surface area (Å²) in [5, 5.41) is 26.0. The molecule has 232 valence electrons. The van der Waals surface area contributed by atoms with Crippen molar-refractivity contribution in [3.63, 3.8) is 0 Å². The van der Waals surface area contributed by atoms with E-state index >= 15 is 0 Å². The third-order valence-corrected chi connectivity index (χ3v) is 8.64. The second-order valence-electron chi connectivity index (χ2n) is 11.5. The van der Waals surface area contributed by atoms with E-state index in [1.807, 2.05) is 48.5 Å². The van der Waals surface area contributed by atoms with Gasteiger partial charge in [-0.3, -0.25) is 15.0 Å². The second kappa shape index (κ2) is 13.7. The molecular weight excluding hydrogens is 572 g/mol. The lowest BCUT2D eigenvalue weighted by Crippen LogP contribution is -2.53. The van der Waals surface area contributed by atoms with Crippen molar-refractivity contribution in [2.45, 2.75) is 43.8 Å². The number of aromatic nitrogens is 3. The molecule has 1 aliphatic heterocycles. The number of benzene rings is 3. The molecule has 1 aromatic heterocycles. The third kappa shape index (κ3) is 6.86. The molecule has 0 radical (unpaired) electrons. The summed E-state index contributed by atoms with van der Waals surface area (Å²) in [6.07, 6.45) is 5.69. The van der Waals surface area contributed by atoms with Gasteiger partial charge in [0, 0.05) is 38.3 Å². The number of nitro benzene ring substituents is 1. The maximum absolute atomic E-state index is 13.4. The first kappa shape index (κ1) is 29.9. The van der Waals surface area contributed by atoms with Gasteiger partial charge < -0.3 is 15.5 Å². The number of piperazine rings is 1. The first-order chi connectivity index (χ1) is 22.0. The highest BCUT2D eigenvalue weighted by Crippen LogP contribution is 2.35. The van der Waals surface area contributed by atoms with Crippen molar-refractivity contribution in [1.82, 2.24) is 35.4 Å². The summed E-state index contributed by atoms with van der Waals surface area (Å²) in [5.41, 5.74) is 2.52. The average Bonchev–Trinajstić information content (AvgIpc) is 3.78. The van der Waals surface area contributed by atoms with Gasteiger partial charge in [-0.1, -0.05) is 90.9 Å². The van der Waals surface area contributed by atoms with Gasteiger partial charge in [0.2, 0.25) is 0 Å². The number of nitro groups is 1. The Bertz CT molecular complexity index is 1620. The van der Waals surface area contributed by atoms with E-state index in [0.29, 0.717) is 31.7 Å². The van der Waals surface area contributed by atoms with E-state index in [-0.39, 0.29) is 41.6 Å². The Morgan fingerprint density at radius 3 is 2.13 bits per heavy atom. The van der Waals surface area contributed by atoms with E-state index in [0.717, 1.165) is 41.5 Å². The van der Waals surface area contributed by atoms with E-state index in [1.54, 1.807) is 23.1 Å². The summed E-state index contributed by atoms with van der Waals surface area (Å²) in [6.45, 7) is 1.98. The normalized spacial score (nSPS) is 17.0. The van der Waals surface area contributed by atoms with Crippen molar-refractivity contribution in [3.8, 4) is 11.3 Å². The number of carbonyl (C=O) groups is 2. The predicted molar refractivity (Wildman–Crippen MR) is 168 cm³/mol. The molecule has 2 N–H and O–H groups in total. The second-order valence-corrected chi connectivity index (χ2v) is 11.5. The van der Waals surface area contributed by atoms with Gasteiger partial charge in [0.25, 0.3) is 5.69 Å². The van der Waals surface area contributed by atoms with E-state index in [1.165, 1.54) is 12.3 Å². The number of hydrogen-bond acceptors (Lipinski definition) is 7. The Morgan fingerprint density at radius 2 is 1.47 bits per heavy atom. The van der Waals surface area contributed by atoms with Gasteiger partial charge in [-0.25, -0.2) is 9.59 Å². The number of carbonyl (C=O) groups excluding carboxylic acids is 2. The van der Waals surface area contributed by atoms with Crippen LogP contribution in [0.3, 0.4) is 0 Å². The van der Waals surface area contributed by atoms with Crippen LogP contribution in [0.15, 0.2) is 91.1 Å². The number of para-hydroxylation sites is 1.